The first-order valence-electron chi connectivity index (χ1n) is 12.5. The van der Waals surface area contributed by atoms with Gasteiger partial charge in [0, 0.05) is 32.5 Å². The van der Waals surface area contributed by atoms with Gasteiger partial charge in [-0.2, -0.15) is 0 Å². The molecule has 10 heteroatoms. The predicted molar refractivity (Wildman–Crippen MR) is 139 cm³/mol. The summed E-state index contributed by atoms with van der Waals surface area (Å²) in [5, 5.41) is 0. The van der Waals surface area contributed by atoms with E-state index in [1.807, 2.05) is 18.2 Å². The Bertz CT molecular complexity index is 1240. The third-order valence-corrected chi connectivity index (χ3v) is 7.92. The molecule has 2 aliphatic heterocycles. The van der Waals surface area contributed by atoms with E-state index in [1.54, 1.807) is 33.5 Å². The standard InChI is InChI=1S/C28H35N3O7/c1-17-20-14-24(38-7)23(37-6)13-19(20)10-11-31(17)16-28(25(32)29(2)27(34)30(3)26(28)33)15-18-8-9-21(35-4)22(12-18)36-5/h8-9,12-14,17H,10-11,15-16H2,1-7H3/p+1/t17-/m0/s1. The quantitative estimate of drug-likeness (QED) is 0.521. The summed E-state index contributed by atoms with van der Waals surface area (Å²) in [4.78, 5) is 43.6. The maximum atomic E-state index is 13.9. The second kappa shape index (κ2) is 10.5. The van der Waals surface area contributed by atoms with Gasteiger partial charge in [0.2, 0.25) is 0 Å². The summed E-state index contributed by atoms with van der Waals surface area (Å²) in [6.45, 7) is 3.01. The summed E-state index contributed by atoms with van der Waals surface area (Å²) in [6, 6.07) is 8.66. The molecule has 0 radical (unpaired) electrons. The van der Waals surface area contributed by atoms with Crippen molar-refractivity contribution in [3.8, 4) is 23.0 Å². The maximum Gasteiger partial charge on any atom is 0.332 e. The van der Waals surface area contributed by atoms with Gasteiger partial charge < -0.3 is 23.8 Å². The number of carbonyl (C=O) groups is 3. The Labute approximate surface area is 223 Å². The molecule has 0 bridgehead atoms. The Hall–Kier alpha value is -3.79. The van der Waals surface area contributed by atoms with Crippen LogP contribution in [0.3, 0.4) is 0 Å². The summed E-state index contributed by atoms with van der Waals surface area (Å²) in [7, 11) is 9.15. The molecular weight excluding hydrogens is 490 g/mol. The van der Waals surface area contributed by atoms with Crippen molar-refractivity contribution < 1.29 is 38.2 Å². The molecule has 1 unspecified atom stereocenters. The highest BCUT2D eigenvalue weighted by Gasteiger charge is 2.58. The van der Waals surface area contributed by atoms with E-state index < -0.39 is 23.3 Å². The van der Waals surface area contributed by atoms with E-state index in [1.165, 1.54) is 21.2 Å². The summed E-state index contributed by atoms with van der Waals surface area (Å²) in [6.07, 6.45) is 0.858. The molecule has 1 N–H and O–H groups in total. The molecule has 4 rings (SSSR count). The highest BCUT2D eigenvalue weighted by atomic mass is 16.5. The smallest absolute Gasteiger partial charge is 0.332 e. The van der Waals surface area contributed by atoms with Crippen LogP contribution in [-0.4, -0.2) is 83.3 Å². The zero-order valence-corrected chi connectivity index (χ0v) is 23.0. The molecule has 2 aliphatic rings. The number of amides is 4. The van der Waals surface area contributed by atoms with E-state index in [-0.39, 0.29) is 19.0 Å². The summed E-state index contributed by atoms with van der Waals surface area (Å²) in [5.74, 6) is 1.35. The lowest BCUT2D eigenvalue weighted by Crippen LogP contribution is -3.15. The number of nitrogens with zero attached hydrogens (tertiary/aromatic N) is 2. The van der Waals surface area contributed by atoms with Crippen molar-refractivity contribution in [2.75, 3.05) is 55.6 Å². The predicted octanol–water partition coefficient (Wildman–Crippen LogP) is 1.50. The lowest BCUT2D eigenvalue weighted by Gasteiger charge is -2.44. The SMILES string of the molecule is COc1ccc(CC2(C[NH+]3CCc4cc(OC)c(OC)cc4[C@@H]3C)C(=O)N(C)C(=O)N(C)C2=O)cc1OC. The molecule has 10 nitrogen and oxygen atoms in total. The van der Waals surface area contributed by atoms with Gasteiger partial charge in [-0.15, -0.1) is 0 Å². The van der Waals surface area contributed by atoms with Gasteiger partial charge in [0.1, 0.15) is 12.6 Å². The van der Waals surface area contributed by atoms with Gasteiger partial charge in [0.15, 0.2) is 28.4 Å². The van der Waals surface area contributed by atoms with Crippen LogP contribution in [0.4, 0.5) is 4.79 Å². The molecule has 2 aromatic carbocycles. The first-order valence-corrected chi connectivity index (χ1v) is 12.5. The van der Waals surface area contributed by atoms with Gasteiger partial charge in [0.05, 0.1) is 35.0 Å². The molecule has 1 saturated heterocycles. The number of fused-ring (bicyclic) bond motifs is 1. The van der Waals surface area contributed by atoms with Crippen molar-refractivity contribution in [1.82, 2.24) is 9.80 Å². The fraction of sp³-hybridized carbons (Fsp3) is 0.464. The van der Waals surface area contributed by atoms with Gasteiger partial charge in [-0.05, 0) is 42.3 Å². The largest absolute Gasteiger partial charge is 0.493 e. The van der Waals surface area contributed by atoms with Gasteiger partial charge >= 0.3 is 6.03 Å². The minimum Gasteiger partial charge on any atom is -0.493 e. The number of hydrogen-bond acceptors (Lipinski definition) is 7. The second-order valence-corrected chi connectivity index (χ2v) is 9.92. The number of carbonyl (C=O) groups excluding carboxylic acids is 3. The van der Waals surface area contributed by atoms with Crippen molar-refractivity contribution in [2.45, 2.75) is 25.8 Å². The topological polar surface area (TPSA) is 99.0 Å². The molecule has 1 fully saturated rings. The van der Waals surface area contributed by atoms with Crippen LogP contribution in [0.2, 0.25) is 0 Å². The fourth-order valence-electron chi connectivity index (χ4n) is 5.75. The van der Waals surface area contributed by atoms with Crippen molar-refractivity contribution in [2.24, 2.45) is 5.41 Å². The molecule has 0 spiro atoms. The van der Waals surface area contributed by atoms with Gasteiger partial charge in [-0.25, -0.2) is 4.79 Å². The lowest BCUT2D eigenvalue weighted by atomic mass is 9.76. The average molecular weight is 527 g/mol. The maximum absolute atomic E-state index is 13.9. The first kappa shape index (κ1) is 27.3. The van der Waals surface area contributed by atoms with Crippen LogP contribution in [0.5, 0.6) is 23.0 Å². The number of quaternary nitrogens is 1. The Morgan fingerprint density at radius 2 is 1.39 bits per heavy atom. The number of rotatable bonds is 8. The summed E-state index contributed by atoms with van der Waals surface area (Å²) < 4.78 is 21.8. The molecule has 2 heterocycles. The molecule has 2 atom stereocenters. The Balaban J connectivity index is 1.76. The Kier molecular flexibility index (Phi) is 7.55. The zero-order chi connectivity index (χ0) is 27.8. The van der Waals surface area contributed by atoms with Gasteiger partial charge in [-0.3, -0.25) is 19.4 Å². The Morgan fingerprint density at radius 1 is 0.842 bits per heavy atom. The number of ether oxygens (including phenoxy) is 4. The average Bonchev–Trinajstić information content (AvgIpc) is 2.94. The third kappa shape index (κ3) is 4.42. The van der Waals surface area contributed by atoms with Crippen molar-refractivity contribution in [3.05, 3.63) is 47.0 Å². The van der Waals surface area contributed by atoms with E-state index in [9.17, 15) is 14.4 Å². The van der Waals surface area contributed by atoms with Crippen LogP contribution in [0.15, 0.2) is 30.3 Å². The highest BCUT2D eigenvalue weighted by Crippen LogP contribution is 2.37. The van der Waals surface area contributed by atoms with Crippen molar-refractivity contribution in [3.63, 3.8) is 0 Å². The van der Waals surface area contributed by atoms with Crippen LogP contribution in [0.1, 0.15) is 29.7 Å². The number of methoxy groups -OCH3 is 4. The Morgan fingerprint density at radius 3 is 1.97 bits per heavy atom. The molecule has 0 aliphatic carbocycles. The lowest BCUT2D eigenvalue weighted by molar-refractivity contribution is -0.935. The van der Waals surface area contributed by atoms with Crippen LogP contribution in [-0.2, 0) is 22.4 Å². The zero-order valence-electron chi connectivity index (χ0n) is 23.0. The van der Waals surface area contributed by atoms with Crippen molar-refractivity contribution >= 4 is 17.8 Å². The minimum absolute atomic E-state index is 0.0327. The molecule has 4 amide bonds. The summed E-state index contributed by atoms with van der Waals surface area (Å²) in [5.41, 5.74) is 1.49. The summed E-state index contributed by atoms with van der Waals surface area (Å²) >= 11 is 0. The number of nitrogens with one attached hydrogen (secondary N) is 1. The van der Waals surface area contributed by atoms with Gasteiger partial charge in [-0.1, -0.05) is 6.07 Å². The molecule has 204 valence electrons. The molecule has 0 aromatic heterocycles. The van der Waals surface area contributed by atoms with E-state index in [4.69, 9.17) is 18.9 Å². The highest BCUT2D eigenvalue weighted by molar-refractivity contribution is 6.19. The number of urea groups is 1. The minimum atomic E-state index is -1.48. The fourth-order valence-corrected chi connectivity index (χ4v) is 5.75. The number of benzene rings is 2. The number of barbiturate groups is 1. The molecular formula is C28H36N3O7+. The van der Waals surface area contributed by atoms with Crippen molar-refractivity contribution in [1.29, 1.82) is 0 Å². The van der Waals surface area contributed by atoms with Crippen LogP contribution < -0.4 is 23.8 Å². The normalized spacial score (nSPS) is 20.8. The molecule has 38 heavy (non-hydrogen) atoms. The van der Waals surface area contributed by atoms with E-state index in [2.05, 4.69) is 6.92 Å². The van der Waals surface area contributed by atoms with Crippen LogP contribution in [0.25, 0.3) is 0 Å². The van der Waals surface area contributed by atoms with Crippen LogP contribution >= 0.6 is 0 Å². The number of hydrogen-bond donors (Lipinski definition) is 1. The van der Waals surface area contributed by atoms with Gasteiger partial charge in [0.25, 0.3) is 11.8 Å². The number of imide groups is 2. The molecule has 2 aromatic rings. The second-order valence-electron chi connectivity index (χ2n) is 9.92. The third-order valence-electron chi connectivity index (χ3n) is 7.92. The van der Waals surface area contributed by atoms with E-state index >= 15 is 0 Å². The van der Waals surface area contributed by atoms with E-state index in [0.29, 0.717) is 29.5 Å². The van der Waals surface area contributed by atoms with E-state index in [0.717, 1.165) is 37.8 Å². The monoisotopic (exact) mass is 526 g/mol. The molecule has 0 saturated carbocycles. The van der Waals surface area contributed by atoms with Crippen LogP contribution in [0, 0.1) is 5.41 Å². The first-order chi connectivity index (χ1) is 18.1.